The quantitative estimate of drug-likeness (QED) is 0.0118. The molecule has 0 radical (unpaired) electrons. The van der Waals surface area contributed by atoms with Crippen molar-refractivity contribution in [1.29, 1.82) is 0 Å². The molecule has 0 saturated carbocycles. The van der Waals surface area contributed by atoms with E-state index in [0.717, 1.165) is 6.92 Å². The summed E-state index contributed by atoms with van der Waals surface area (Å²) in [5.41, 5.74) is 38.2. The van der Waals surface area contributed by atoms with Crippen molar-refractivity contribution in [3.63, 3.8) is 0 Å². The number of carbonyl (C=O) groups excluding carboxylic acids is 9. The molecule has 31 nitrogen and oxygen atoms in total. The van der Waals surface area contributed by atoms with Crippen LogP contribution in [-0.4, -0.2) is 205 Å². The molecule has 0 aliphatic carbocycles. The summed E-state index contributed by atoms with van der Waals surface area (Å²) >= 11 is 0. The van der Waals surface area contributed by atoms with Gasteiger partial charge in [-0.1, -0.05) is 0 Å². The number of guanidine groups is 2. The van der Waals surface area contributed by atoms with E-state index in [-0.39, 0.29) is 63.5 Å². The van der Waals surface area contributed by atoms with Crippen LogP contribution in [0.2, 0.25) is 0 Å². The Hall–Kier alpha value is -6.96. The second-order valence-corrected chi connectivity index (χ2v) is 19.8. The zero-order chi connectivity index (χ0) is 59.2. The third kappa shape index (κ3) is 30.4. The van der Waals surface area contributed by atoms with E-state index in [1.165, 1.54) is 20.8 Å². The van der Waals surface area contributed by atoms with Crippen molar-refractivity contribution in [1.82, 2.24) is 42.5 Å². The smallest absolute Gasteiger partial charge is 0.326 e. The molecule has 0 rings (SSSR count). The number of carboxylic acids is 1. The summed E-state index contributed by atoms with van der Waals surface area (Å²) in [4.78, 5) is 140. The molecular formula is C46H89N18O13+. The van der Waals surface area contributed by atoms with E-state index in [9.17, 15) is 63.3 Å². The van der Waals surface area contributed by atoms with Gasteiger partial charge in [0.2, 0.25) is 53.2 Å². The van der Waals surface area contributed by atoms with Crippen molar-refractivity contribution in [3.8, 4) is 0 Å². The summed E-state index contributed by atoms with van der Waals surface area (Å²) in [6, 6.07) is -13.0. The SMILES string of the molecule is C[C@H](N)C(=O)N[C@@H](CCCN=C(N)N)C(=O)N[C@H](C(=O)N[C@@H](CCCC[N+](C)(C)C)C(=O)N[C@@H](CCC(N)=O)C(=O)N[C@H](C(=O)N[C@@H](C)C(=O)N[C@@H](CCCN=C(N)N)C(=O)N[C@@H](CCCCN)C(=O)O)[C@@H](C)O)[C@@H](C)O. The van der Waals surface area contributed by atoms with E-state index in [4.69, 9.17) is 40.1 Å². The number of unbranched alkanes of at least 4 members (excludes halogenated alkanes) is 2. The molecule has 0 fully saturated rings. The van der Waals surface area contributed by atoms with Crippen molar-refractivity contribution in [2.24, 2.45) is 50.1 Å². The Morgan fingerprint density at radius 2 is 0.831 bits per heavy atom. The minimum atomic E-state index is -1.82. The minimum Gasteiger partial charge on any atom is -0.480 e. The average Bonchev–Trinajstić information content (AvgIpc) is 3.32. The summed E-state index contributed by atoms with van der Waals surface area (Å²) < 4.78 is 0.549. The highest BCUT2D eigenvalue weighted by Crippen LogP contribution is 2.11. The molecule has 77 heavy (non-hydrogen) atoms. The lowest BCUT2D eigenvalue weighted by molar-refractivity contribution is -0.870. The van der Waals surface area contributed by atoms with Crippen LogP contribution in [0.4, 0.5) is 0 Å². The number of carbonyl (C=O) groups is 10. The molecule has 0 spiro atoms. The standard InChI is InChI=1S/C46H88N18O13/c1-24(48)36(68)57-30(17-13-22-55-46(52)53)40(72)63-35(27(4)66)43(75)60-28(14-9-11-23-64(5,6)7)38(70)59-31(18-19-33(49)67)41(73)62-34(26(3)65)42(74)56-25(2)37(69)58-29(16-12-21-54-45(50)51)39(71)61-32(44(76)77)15-8-10-20-47/h24-32,34-35,65-66H,8-23,47-48H2,1-7H3,(H18-,49,50,51,52,53,54,55,56,57,58,59,60,61,62,63,67,68,69,70,71,72,73,74,75,76,77)/p+1/t24-,25-,26+,27+,28-,29-,30-,31-,32-,34-,35-/m0/s1. The number of nitrogens with two attached hydrogens (primary N) is 7. The van der Waals surface area contributed by atoms with Crippen LogP contribution in [0.3, 0.4) is 0 Å². The fourth-order valence-corrected chi connectivity index (χ4v) is 7.15. The Morgan fingerprint density at radius 1 is 0.468 bits per heavy atom. The maximum atomic E-state index is 14.2. The number of hydrogen-bond acceptors (Lipinski definition) is 16. The molecule has 0 aromatic carbocycles. The van der Waals surface area contributed by atoms with Gasteiger partial charge in [0.25, 0.3) is 0 Å². The number of aliphatic carboxylic acids is 1. The summed E-state index contributed by atoms with van der Waals surface area (Å²) in [5, 5.41) is 50.6. The fraction of sp³-hybridized carbons (Fsp3) is 0.739. The highest BCUT2D eigenvalue weighted by Gasteiger charge is 2.36. The van der Waals surface area contributed by atoms with Gasteiger partial charge < -0.3 is 102 Å². The van der Waals surface area contributed by atoms with Gasteiger partial charge in [0.1, 0.15) is 48.3 Å². The Balaban J connectivity index is 6.66. The Morgan fingerprint density at radius 3 is 1.23 bits per heavy atom. The largest absolute Gasteiger partial charge is 0.480 e. The highest BCUT2D eigenvalue weighted by molar-refractivity contribution is 5.98. The number of nitrogens with zero attached hydrogens (tertiary/aromatic N) is 3. The van der Waals surface area contributed by atoms with Crippen LogP contribution in [-0.2, 0) is 47.9 Å². The van der Waals surface area contributed by atoms with E-state index < -0.39 is 139 Å². The van der Waals surface area contributed by atoms with E-state index in [0.29, 0.717) is 43.3 Å². The number of primary amides is 1. The molecule has 0 heterocycles. The molecule has 0 aromatic heterocycles. The highest BCUT2D eigenvalue weighted by atomic mass is 16.4. The molecule has 25 N–H and O–H groups in total. The Labute approximate surface area is 449 Å². The van der Waals surface area contributed by atoms with E-state index >= 15 is 0 Å². The molecule has 0 aliphatic heterocycles. The van der Waals surface area contributed by atoms with Gasteiger partial charge >= 0.3 is 5.97 Å². The van der Waals surface area contributed by atoms with Crippen molar-refractivity contribution in [3.05, 3.63) is 0 Å². The van der Waals surface area contributed by atoms with Gasteiger partial charge in [-0.2, -0.15) is 0 Å². The summed E-state index contributed by atoms with van der Waals surface area (Å²) in [6.07, 6.45) is -2.17. The number of amides is 9. The lowest BCUT2D eigenvalue weighted by atomic mass is 10.0. The van der Waals surface area contributed by atoms with Crippen molar-refractivity contribution < 1.29 is 67.7 Å². The van der Waals surface area contributed by atoms with Crippen LogP contribution < -0.4 is 82.7 Å². The van der Waals surface area contributed by atoms with Crippen LogP contribution in [0.15, 0.2) is 9.98 Å². The number of carboxylic acid groups (broad SMARTS) is 1. The first-order valence-electron chi connectivity index (χ1n) is 25.5. The first-order valence-corrected chi connectivity index (χ1v) is 25.5. The van der Waals surface area contributed by atoms with Crippen molar-refractivity contribution in [2.45, 2.75) is 171 Å². The molecule has 0 saturated heterocycles. The lowest BCUT2D eigenvalue weighted by Gasteiger charge is -2.29. The van der Waals surface area contributed by atoms with Gasteiger partial charge in [0.05, 0.1) is 45.9 Å². The second kappa shape index (κ2) is 36.1. The number of quaternary nitrogens is 1. The molecule has 0 unspecified atom stereocenters. The van der Waals surface area contributed by atoms with Crippen LogP contribution in [0.1, 0.15) is 105 Å². The number of nitrogens with one attached hydrogen (secondary N) is 8. The number of aliphatic hydroxyl groups is 2. The Kier molecular flexibility index (Phi) is 32.9. The minimum absolute atomic E-state index is 0.0218. The number of rotatable bonds is 39. The van der Waals surface area contributed by atoms with Crippen LogP contribution >= 0.6 is 0 Å². The van der Waals surface area contributed by atoms with Gasteiger partial charge in [-0.25, -0.2) is 4.79 Å². The maximum Gasteiger partial charge on any atom is 0.326 e. The van der Waals surface area contributed by atoms with E-state index in [2.05, 4.69) is 52.5 Å². The summed E-state index contributed by atoms with van der Waals surface area (Å²) in [6.45, 7) is 6.00. The monoisotopic (exact) mass is 1100 g/mol. The van der Waals surface area contributed by atoms with E-state index in [1.54, 1.807) is 0 Å². The van der Waals surface area contributed by atoms with Gasteiger partial charge in [-0.3, -0.25) is 53.1 Å². The van der Waals surface area contributed by atoms with Crippen LogP contribution in [0, 0.1) is 0 Å². The van der Waals surface area contributed by atoms with Gasteiger partial charge in [0.15, 0.2) is 11.9 Å². The maximum absolute atomic E-state index is 14.2. The molecule has 440 valence electrons. The molecule has 11 atom stereocenters. The van der Waals surface area contributed by atoms with Crippen LogP contribution in [0.5, 0.6) is 0 Å². The predicted octanol–water partition coefficient (Wildman–Crippen LogP) is -7.54. The normalized spacial score (nSPS) is 15.5. The molecule has 0 aromatic rings. The fourth-order valence-electron chi connectivity index (χ4n) is 7.15. The molecule has 0 bridgehead atoms. The third-order valence-electron chi connectivity index (χ3n) is 11.5. The van der Waals surface area contributed by atoms with Gasteiger partial charge in [0, 0.05) is 19.5 Å². The second-order valence-electron chi connectivity index (χ2n) is 19.8. The first-order chi connectivity index (χ1) is 35.8. The molecule has 0 aliphatic rings. The number of aliphatic hydroxyl groups excluding tert-OH is 2. The summed E-state index contributed by atoms with van der Waals surface area (Å²) in [7, 11) is 5.82. The first kappa shape index (κ1) is 70.0. The lowest BCUT2D eigenvalue weighted by Crippen LogP contribution is -2.62. The van der Waals surface area contributed by atoms with Gasteiger partial charge in [-0.15, -0.1) is 0 Å². The van der Waals surface area contributed by atoms with Crippen LogP contribution in [0.25, 0.3) is 0 Å². The molecule has 9 amide bonds. The van der Waals surface area contributed by atoms with Gasteiger partial charge in [-0.05, 0) is 105 Å². The number of hydrogen-bond donors (Lipinski definition) is 18. The Bertz CT molecular complexity index is 2010. The molecular weight excluding hydrogens is 1010 g/mol. The van der Waals surface area contributed by atoms with Crippen molar-refractivity contribution in [2.75, 3.05) is 47.3 Å². The zero-order valence-electron chi connectivity index (χ0n) is 45.5. The predicted molar refractivity (Wildman–Crippen MR) is 284 cm³/mol. The summed E-state index contributed by atoms with van der Waals surface area (Å²) in [5.74, 6) is -10.3. The average molecular weight is 1100 g/mol. The topological polar surface area (TPSA) is 534 Å². The third-order valence-corrected chi connectivity index (χ3v) is 11.5. The van der Waals surface area contributed by atoms with Crippen molar-refractivity contribution >= 4 is 71.1 Å². The number of aliphatic imine (C=N–C) groups is 2. The zero-order valence-corrected chi connectivity index (χ0v) is 45.5. The molecule has 31 heteroatoms. The van der Waals surface area contributed by atoms with E-state index in [1.807, 2.05) is 21.1 Å².